The van der Waals surface area contributed by atoms with Gasteiger partial charge >= 0.3 is 12.6 Å². The van der Waals surface area contributed by atoms with Crippen LogP contribution in [0.15, 0.2) is 24.3 Å². The summed E-state index contributed by atoms with van der Waals surface area (Å²) >= 11 is 0. The smallest absolute Gasteiger partial charge is 0.387 e. The molecular formula is C15H20F2N2O2. The van der Waals surface area contributed by atoms with Crippen LogP contribution < -0.4 is 15.4 Å². The lowest BCUT2D eigenvalue weighted by atomic mass is 10.1. The molecule has 0 aliphatic heterocycles. The molecule has 0 heterocycles. The molecule has 2 rings (SSSR count). The number of urea groups is 1. The van der Waals surface area contributed by atoms with Gasteiger partial charge in [0.15, 0.2) is 0 Å². The minimum Gasteiger partial charge on any atom is -0.433 e. The van der Waals surface area contributed by atoms with Crippen molar-refractivity contribution in [2.75, 3.05) is 5.32 Å². The maximum atomic E-state index is 12.3. The number of benzene rings is 1. The number of para-hydroxylation sites is 2. The SMILES string of the molecule is O=C(Nc1ccccc1OC(F)F)NC1CCCCCC1. The van der Waals surface area contributed by atoms with Crippen molar-refractivity contribution in [2.24, 2.45) is 0 Å². The zero-order valence-electron chi connectivity index (χ0n) is 11.8. The van der Waals surface area contributed by atoms with E-state index in [-0.39, 0.29) is 23.5 Å². The number of anilines is 1. The molecule has 2 amide bonds. The third-order valence-corrected chi connectivity index (χ3v) is 3.54. The van der Waals surface area contributed by atoms with Gasteiger partial charge in [-0.2, -0.15) is 8.78 Å². The number of hydrogen-bond acceptors (Lipinski definition) is 2. The Bertz CT molecular complexity index is 461. The first-order valence-electron chi connectivity index (χ1n) is 7.26. The molecule has 0 aromatic heterocycles. The van der Waals surface area contributed by atoms with Gasteiger partial charge in [0, 0.05) is 6.04 Å². The van der Waals surface area contributed by atoms with Gasteiger partial charge in [-0.3, -0.25) is 0 Å². The molecule has 0 saturated heterocycles. The lowest BCUT2D eigenvalue weighted by molar-refractivity contribution is -0.0493. The second-order valence-electron chi connectivity index (χ2n) is 5.16. The predicted molar refractivity (Wildman–Crippen MR) is 76.7 cm³/mol. The van der Waals surface area contributed by atoms with Crippen LogP contribution in [0.5, 0.6) is 5.75 Å². The summed E-state index contributed by atoms with van der Waals surface area (Å²) in [5.74, 6) is -0.0384. The molecule has 0 radical (unpaired) electrons. The number of halogens is 2. The Kier molecular flexibility index (Phi) is 5.78. The van der Waals surface area contributed by atoms with Crippen molar-refractivity contribution < 1.29 is 18.3 Å². The van der Waals surface area contributed by atoms with Crippen molar-refractivity contribution in [1.82, 2.24) is 5.32 Å². The van der Waals surface area contributed by atoms with E-state index < -0.39 is 6.61 Å². The van der Waals surface area contributed by atoms with Crippen LogP contribution in [0.2, 0.25) is 0 Å². The van der Waals surface area contributed by atoms with Crippen LogP contribution in [0.1, 0.15) is 38.5 Å². The fourth-order valence-electron chi connectivity index (χ4n) is 2.54. The Morgan fingerprint density at radius 2 is 1.81 bits per heavy atom. The summed E-state index contributed by atoms with van der Waals surface area (Å²) in [7, 11) is 0. The molecule has 1 aromatic rings. The molecule has 1 fully saturated rings. The second-order valence-corrected chi connectivity index (χ2v) is 5.16. The van der Waals surface area contributed by atoms with Crippen LogP contribution in [0, 0.1) is 0 Å². The highest BCUT2D eigenvalue weighted by Crippen LogP contribution is 2.25. The third-order valence-electron chi connectivity index (χ3n) is 3.54. The maximum Gasteiger partial charge on any atom is 0.387 e. The van der Waals surface area contributed by atoms with E-state index in [0.717, 1.165) is 25.7 Å². The molecule has 21 heavy (non-hydrogen) atoms. The van der Waals surface area contributed by atoms with Crippen molar-refractivity contribution in [1.29, 1.82) is 0 Å². The molecular weight excluding hydrogens is 278 g/mol. The normalized spacial score (nSPS) is 16.3. The largest absolute Gasteiger partial charge is 0.433 e. The summed E-state index contributed by atoms with van der Waals surface area (Å²) in [5, 5.41) is 5.47. The van der Waals surface area contributed by atoms with Crippen molar-refractivity contribution in [3.8, 4) is 5.75 Å². The Balaban J connectivity index is 1.92. The van der Waals surface area contributed by atoms with Crippen molar-refractivity contribution in [2.45, 2.75) is 51.2 Å². The second kappa shape index (κ2) is 7.81. The Hall–Kier alpha value is -1.85. The van der Waals surface area contributed by atoms with E-state index in [2.05, 4.69) is 15.4 Å². The van der Waals surface area contributed by atoms with Gasteiger partial charge < -0.3 is 15.4 Å². The first-order chi connectivity index (χ1) is 10.1. The highest BCUT2D eigenvalue weighted by molar-refractivity contribution is 5.91. The molecule has 2 N–H and O–H groups in total. The summed E-state index contributed by atoms with van der Waals surface area (Å²) in [5.41, 5.74) is 0.240. The summed E-state index contributed by atoms with van der Waals surface area (Å²) in [6.45, 7) is -2.92. The minimum atomic E-state index is -2.92. The van der Waals surface area contributed by atoms with E-state index in [1.807, 2.05) is 0 Å². The van der Waals surface area contributed by atoms with Gasteiger partial charge in [0.2, 0.25) is 0 Å². The highest BCUT2D eigenvalue weighted by Gasteiger charge is 2.16. The average molecular weight is 298 g/mol. The number of hydrogen-bond donors (Lipinski definition) is 2. The predicted octanol–water partition coefficient (Wildman–Crippen LogP) is 4.13. The highest BCUT2D eigenvalue weighted by atomic mass is 19.3. The molecule has 0 unspecified atom stereocenters. The monoisotopic (exact) mass is 298 g/mol. The van der Waals surface area contributed by atoms with E-state index in [0.29, 0.717) is 0 Å². The molecule has 0 spiro atoms. The number of alkyl halides is 2. The molecule has 0 bridgehead atoms. The number of rotatable bonds is 4. The van der Waals surface area contributed by atoms with Gasteiger partial charge in [0.1, 0.15) is 5.75 Å². The molecule has 4 nitrogen and oxygen atoms in total. The number of carbonyl (C=O) groups is 1. The number of ether oxygens (including phenoxy) is 1. The first-order valence-corrected chi connectivity index (χ1v) is 7.26. The molecule has 1 aliphatic rings. The molecule has 0 atom stereocenters. The van der Waals surface area contributed by atoms with E-state index in [1.165, 1.54) is 25.0 Å². The number of carbonyl (C=O) groups excluding carboxylic acids is 1. The van der Waals surface area contributed by atoms with Crippen LogP contribution in [0.3, 0.4) is 0 Å². The van der Waals surface area contributed by atoms with Crippen LogP contribution in [0.4, 0.5) is 19.3 Å². The van der Waals surface area contributed by atoms with Gasteiger partial charge in [-0.15, -0.1) is 0 Å². The van der Waals surface area contributed by atoms with E-state index >= 15 is 0 Å². The minimum absolute atomic E-state index is 0.0384. The maximum absolute atomic E-state index is 12.3. The lowest BCUT2D eigenvalue weighted by Gasteiger charge is -2.18. The van der Waals surface area contributed by atoms with E-state index in [4.69, 9.17) is 0 Å². The van der Waals surface area contributed by atoms with Gasteiger partial charge in [0.25, 0.3) is 0 Å². The Labute approximate surface area is 122 Å². The molecule has 1 saturated carbocycles. The third kappa shape index (κ3) is 5.21. The number of amides is 2. The van der Waals surface area contributed by atoms with Crippen LogP contribution >= 0.6 is 0 Å². The van der Waals surface area contributed by atoms with Crippen molar-refractivity contribution in [3.05, 3.63) is 24.3 Å². The van der Waals surface area contributed by atoms with Gasteiger partial charge in [-0.05, 0) is 25.0 Å². The summed E-state index contributed by atoms with van der Waals surface area (Å²) < 4.78 is 29.0. The average Bonchev–Trinajstić information content (AvgIpc) is 2.69. The van der Waals surface area contributed by atoms with Crippen LogP contribution in [-0.4, -0.2) is 18.7 Å². The molecule has 1 aliphatic carbocycles. The van der Waals surface area contributed by atoms with Crippen molar-refractivity contribution >= 4 is 11.7 Å². The summed E-state index contributed by atoms with van der Waals surface area (Å²) in [6.07, 6.45) is 6.53. The summed E-state index contributed by atoms with van der Waals surface area (Å²) in [4.78, 5) is 12.0. The first kappa shape index (κ1) is 15.5. The van der Waals surface area contributed by atoms with E-state index in [1.54, 1.807) is 12.1 Å². The van der Waals surface area contributed by atoms with Crippen LogP contribution in [0.25, 0.3) is 0 Å². The fraction of sp³-hybridized carbons (Fsp3) is 0.533. The van der Waals surface area contributed by atoms with Crippen LogP contribution in [-0.2, 0) is 0 Å². The standard InChI is InChI=1S/C15H20F2N2O2/c16-14(17)21-13-10-6-5-9-12(13)19-15(20)18-11-7-3-1-2-4-8-11/h5-6,9-11,14H,1-4,7-8H2,(H2,18,19,20). The van der Waals surface area contributed by atoms with Gasteiger partial charge in [-0.25, -0.2) is 4.79 Å². The molecule has 6 heteroatoms. The Morgan fingerprint density at radius 1 is 1.14 bits per heavy atom. The van der Waals surface area contributed by atoms with E-state index in [9.17, 15) is 13.6 Å². The zero-order chi connectivity index (χ0) is 15.1. The zero-order valence-corrected chi connectivity index (χ0v) is 11.8. The van der Waals surface area contributed by atoms with Crippen molar-refractivity contribution in [3.63, 3.8) is 0 Å². The number of nitrogens with one attached hydrogen (secondary N) is 2. The van der Waals surface area contributed by atoms with Gasteiger partial charge in [-0.1, -0.05) is 37.8 Å². The molecule has 116 valence electrons. The lowest BCUT2D eigenvalue weighted by Crippen LogP contribution is -2.37. The fourth-order valence-corrected chi connectivity index (χ4v) is 2.54. The summed E-state index contributed by atoms with van der Waals surface area (Å²) in [6, 6.07) is 5.92. The van der Waals surface area contributed by atoms with Gasteiger partial charge in [0.05, 0.1) is 5.69 Å². The molecule has 1 aromatic carbocycles. The quantitative estimate of drug-likeness (QED) is 0.821. The Morgan fingerprint density at radius 3 is 2.48 bits per heavy atom. The topological polar surface area (TPSA) is 50.4 Å².